The second-order valence-corrected chi connectivity index (χ2v) is 7.36. The number of rotatable bonds is 9. The summed E-state index contributed by atoms with van der Waals surface area (Å²) in [6, 6.07) is 15.7. The molecular formula is C22H24ClN3O5. The van der Waals surface area contributed by atoms with E-state index in [-0.39, 0.29) is 31.6 Å². The van der Waals surface area contributed by atoms with Crippen LogP contribution in [0.1, 0.15) is 17.5 Å². The molecule has 0 radical (unpaired) electrons. The Morgan fingerprint density at radius 2 is 1.94 bits per heavy atom. The van der Waals surface area contributed by atoms with Gasteiger partial charge in [-0.25, -0.2) is 4.79 Å². The van der Waals surface area contributed by atoms with E-state index in [1.807, 2.05) is 48.5 Å². The molecule has 0 aliphatic carbocycles. The second kappa shape index (κ2) is 11.2. The number of hydrogen-bond acceptors (Lipinski definition) is 6. The lowest BCUT2D eigenvalue weighted by Gasteiger charge is -2.20. The summed E-state index contributed by atoms with van der Waals surface area (Å²) in [7, 11) is 1.55. The number of carbonyl (C=O) groups is 2. The second-order valence-electron chi connectivity index (χ2n) is 6.92. The van der Waals surface area contributed by atoms with Gasteiger partial charge in [-0.15, -0.1) is 0 Å². The molecule has 9 heteroatoms. The summed E-state index contributed by atoms with van der Waals surface area (Å²) in [5, 5.41) is 9.43. The molecule has 2 atom stereocenters. The van der Waals surface area contributed by atoms with Gasteiger partial charge in [-0.1, -0.05) is 65.3 Å². The molecule has 1 heterocycles. The van der Waals surface area contributed by atoms with E-state index in [9.17, 15) is 9.59 Å². The van der Waals surface area contributed by atoms with Crippen molar-refractivity contribution in [1.82, 2.24) is 10.6 Å². The Kier molecular flexibility index (Phi) is 8.12. The summed E-state index contributed by atoms with van der Waals surface area (Å²) >= 11 is 5.80. The predicted molar refractivity (Wildman–Crippen MR) is 116 cm³/mol. The van der Waals surface area contributed by atoms with E-state index in [0.29, 0.717) is 17.3 Å². The van der Waals surface area contributed by atoms with Gasteiger partial charge in [-0.2, -0.15) is 0 Å². The highest BCUT2D eigenvalue weighted by molar-refractivity contribution is 6.65. The Bertz CT molecular complexity index is 922. The maximum atomic E-state index is 12.8. The fourth-order valence-electron chi connectivity index (χ4n) is 3.05. The van der Waals surface area contributed by atoms with Crippen molar-refractivity contribution in [3.63, 3.8) is 0 Å². The van der Waals surface area contributed by atoms with Crippen molar-refractivity contribution in [3.8, 4) is 5.75 Å². The Labute approximate surface area is 185 Å². The number of halogens is 1. The highest BCUT2D eigenvalue weighted by Gasteiger charge is 2.26. The molecule has 1 aliphatic rings. The molecule has 0 saturated carbocycles. The monoisotopic (exact) mass is 445 g/mol. The van der Waals surface area contributed by atoms with Gasteiger partial charge >= 0.3 is 6.09 Å². The Morgan fingerprint density at radius 1 is 1.19 bits per heavy atom. The number of alkyl carbamates (subject to hydrolysis) is 1. The summed E-state index contributed by atoms with van der Waals surface area (Å²) in [6.07, 6.45) is -0.388. The summed E-state index contributed by atoms with van der Waals surface area (Å²) in [4.78, 5) is 30.3. The normalized spacial score (nSPS) is 15.9. The minimum Gasteiger partial charge on any atom is -0.496 e. The first-order valence-electron chi connectivity index (χ1n) is 9.80. The summed E-state index contributed by atoms with van der Waals surface area (Å²) in [5.74, 6) is 0.244. The molecule has 8 nitrogen and oxygen atoms in total. The van der Waals surface area contributed by atoms with E-state index >= 15 is 0 Å². The van der Waals surface area contributed by atoms with Crippen molar-refractivity contribution < 1.29 is 23.9 Å². The number of para-hydroxylation sites is 1. The van der Waals surface area contributed by atoms with Crippen LogP contribution in [0.3, 0.4) is 0 Å². The molecule has 1 unspecified atom stereocenters. The molecule has 2 N–H and O–H groups in total. The molecule has 0 fully saturated rings. The van der Waals surface area contributed by atoms with Crippen LogP contribution in [0.4, 0.5) is 4.79 Å². The van der Waals surface area contributed by atoms with Gasteiger partial charge in [-0.05, 0) is 17.2 Å². The number of methoxy groups -OCH3 is 1. The zero-order chi connectivity index (χ0) is 22.1. The molecule has 0 bridgehead atoms. The zero-order valence-corrected chi connectivity index (χ0v) is 17.8. The van der Waals surface area contributed by atoms with E-state index in [1.54, 1.807) is 13.2 Å². The lowest BCUT2D eigenvalue weighted by molar-refractivity contribution is -0.123. The molecule has 31 heavy (non-hydrogen) atoms. The average Bonchev–Trinajstić information content (AvgIpc) is 3.21. The van der Waals surface area contributed by atoms with Crippen LogP contribution in [0.25, 0.3) is 0 Å². The first-order valence-corrected chi connectivity index (χ1v) is 10.2. The summed E-state index contributed by atoms with van der Waals surface area (Å²) < 4.78 is 10.6. The molecule has 0 spiro atoms. The number of nitrogens with zero attached hydrogens (tertiary/aromatic N) is 1. The third-order valence-corrected chi connectivity index (χ3v) is 4.86. The van der Waals surface area contributed by atoms with Crippen LogP contribution in [0.2, 0.25) is 0 Å². The SMILES string of the molecule is COc1ccccc1C[C@H](NC(=O)OCc1ccccc1)C(=O)NCC1CC(Cl)=NO1. The van der Waals surface area contributed by atoms with Gasteiger partial charge in [0.1, 0.15) is 23.6 Å². The number of amides is 2. The topological polar surface area (TPSA) is 98.2 Å². The predicted octanol–water partition coefficient (Wildman–Crippen LogP) is 2.99. The van der Waals surface area contributed by atoms with Crippen LogP contribution in [0.15, 0.2) is 59.8 Å². The first-order chi connectivity index (χ1) is 15.0. The largest absolute Gasteiger partial charge is 0.496 e. The van der Waals surface area contributed by atoms with E-state index in [4.69, 9.17) is 25.9 Å². The van der Waals surface area contributed by atoms with Crippen molar-refractivity contribution in [2.45, 2.75) is 31.6 Å². The smallest absolute Gasteiger partial charge is 0.408 e. The van der Waals surface area contributed by atoms with Crippen molar-refractivity contribution in [2.75, 3.05) is 13.7 Å². The molecule has 164 valence electrons. The number of oxime groups is 1. The lowest BCUT2D eigenvalue weighted by atomic mass is 10.0. The minimum atomic E-state index is -0.877. The van der Waals surface area contributed by atoms with Crippen LogP contribution < -0.4 is 15.4 Å². The highest BCUT2D eigenvalue weighted by Crippen LogP contribution is 2.19. The van der Waals surface area contributed by atoms with Gasteiger partial charge in [-0.3, -0.25) is 4.79 Å². The number of ether oxygens (including phenoxy) is 2. The van der Waals surface area contributed by atoms with E-state index in [2.05, 4.69) is 15.8 Å². The van der Waals surface area contributed by atoms with Crippen molar-refractivity contribution in [1.29, 1.82) is 0 Å². The van der Waals surface area contributed by atoms with Gasteiger partial charge in [0.2, 0.25) is 5.91 Å². The maximum Gasteiger partial charge on any atom is 0.408 e. The van der Waals surface area contributed by atoms with Gasteiger partial charge in [0, 0.05) is 12.8 Å². The molecule has 2 amide bonds. The molecule has 1 aliphatic heterocycles. The molecule has 2 aromatic rings. The maximum absolute atomic E-state index is 12.8. The molecule has 2 aromatic carbocycles. The number of nitrogens with one attached hydrogen (secondary N) is 2. The van der Waals surface area contributed by atoms with Crippen molar-refractivity contribution in [2.24, 2.45) is 5.16 Å². The number of benzene rings is 2. The first kappa shape index (κ1) is 22.4. The quantitative estimate of drug-likeness (QED) is 0.618. The van der Waals surface area contributed by atoms with E-state index in [0.717, 1.165) is 11.1 Å². The van der Waals surface area contributed by atoms with Gasteiger partial charge < -0.3 is 24.9 Å². The van der Waals surface area contributed by atoms with Crippen LogP contribution in [0.5, 0.6) is 5.75 Å². The minimum absolute atomic E-state index is 0.0986. The zero-order valence-electron chi connectivity index (χ0n) is 17.0. The van der Waals surface area contributed by atoms with Crippen molar-refractivity contribution in [3.05, 3.63) is 65.7 Å². The molecular weight excluding hydrogens is 422 g/mol. The Hall–Kier alpha value is -3.26. The Morgan fingerprint density at radius 3 is 2.65 bits per heavy atom. The number of carbonyl (C=O) groups excluding carboxylic acids is 2. The van der Waals surface area contributed by atoms with E-state index < -0.39 is 12.1 Å². The van der Waals surface area contributed by atoms with Crippen LogP contribution in [-0.4, -0.2) is 43.0 Å². The van der Waals surface area contributed by atoms with Crippen molar-refractivity contribution >= 4 is 28.8 Å². The highest BCUT2D eigenvalue weighted by atomic mass is 35.5. The Balaban J connectivity index is 1.62. The van der Waals surface area contributed by atoms with Crippen LogP contribution in [0, 0.1) is 0 Å². The number of hydrogen-bond donors (Lipinski definition) is 2. The van der Waals surface area contributed by atoms with Crippen LogP contribution >= 0.6 is 11.6 Å². The van der Waals surface area contributed by atoms with Crippen LogP contribution in [-0.2, 0) is 27.4 Å². The average molecular weight is 446 g/mol. The summed E-state index contributed by atoms with van der Waals surface area (Å²) in [5.41, 5.74) is 1.62. The third-order valence-electron chi connectivity index (χ3n) is 4.64. The molecule has 0 aromatic heterocycles. The fraction of sp³-hybridized carbons (Fsp3) is 0.318. The molecule has 3 rings (SSSR count). The summed E-state index contributed by atoms with van der Waals surface area (Å²) in [6.45, 7) is 0.309. The lowest BCUT2D eigenvalue weighted by Crippen LogP contribution is -2.49. The fourth-order valence-corrected chi connectivity index (χ4v) is 3.26. The van der Waals surface area contributed by atoms with Gasteiger partial charge in [0.15, 0.2) is 6.10 Å². The van der Waals surface area contributed by atoms with Gasteiger partial charge in [0.05, 0.1) is 13.7 Å². The van der Waals surface area contributed by atoms with Gasteiger partial charge in [0.25, 0.3) is 0 Å². The van der Waals surface area contributed by atoms with E-state index in [1.165, 1.54) is 0 Å². The third kappa shape index (κ3) is 6.89. The molecule has 0 saturated heterocycles. The standard InChI is InChI=1S/C22H24ClN3O5/c1-29-19-10-6-5-9-16(19)11-18(21(27)24-13-17-12-20(23)26-31-17)25-22(28)30-14-15-7-3-2-4-8-15/h2-10,17-18H,11-14H2,1H3,(H,24,27)(H,25,28)/t17?,18-/m0/s1.